The fourth-order valence-electron chi connectivity index (χ4n) is 3.75. The monoisotopic (exact) mass is 336 g/mol. The molecule has 0 radical (unpaired) electrons. The maximum absolute atomic E-state index is 6.81. The highest BCUT2D eigenvalue weighted by atomic mass is 28.4. The SMILES string of the molecule is Cc1c(OC[C@@H]2CO2)cccc1O[Si](C(C)C)(C(C)C)C(C)C. The van der Waals surface area contributed by atoms with Gasteiger partial charge in [0.15, 0.2) is 0 Å². The van der Waals surface area contributed by atoms with E-state index in [-0.39, 0.29) is 6.10 Å². The molecule has 1 saturated heterocycles. The van der Waals surface area contributed by atoms with E-state index in [4.69, 9.17) is 13.9 Å². The first kappa shape index (κ1) is 18.3. The van der Waals surface area contributed by atoms with Crippen LogP contribution in [-0.4, -0.2) is 27.6 Å². The van der Waals surface area contributed by atoms with Gasteiger partial charge in [0, 0.05) is 5.56 Å². The first-order chi connectivity index (χ1) is 10.8. The molecule has 1 fully saturated rings. The standard InChI is InChI=1S/C19H32O3Si/c1-13(2)23(14(3)4,15(5)6)22-19-10-8-9-18(16(19)7)21-12-17-11-20-17/h8-10,13-15,17H,11-12H2,1-7H3/t17-/m0/s1. The largest absolute Gasteiger partial charge is 0.542 e. The van der Waals surface area contributed by atoms with Gasteiger partial charge in [-0.3, -0.25) is 0 Å². The van der Waals surface area contributed by atoms with Gasteiger partial charge in [-0.1, -0.05) is 47.6 Å². The molecule has 2 rings (SSSR count). The molecule has 0 unspecified atom stereocenters. The Bertz CT molecular complexity index is 500. The van der Waals surface area contributed by atoms with Gasteiger partial charge < -0.3 is 13.9 Å². The molecule has 0 aromatic heterocycles. The number of hydrogen-bond acceptors (Lipinski definition) is 3. The van der Waals surface area contributed by atoms with Crippen LogP contribution in [0.1, 0.15) is 47.1 Å². The minimum atomic E-state index is -1.94. The zero-order chi connectivity index (χ0) is 17.2. The predicted molar refractivity (Wildman–Crippen MR) is 98.1 cm³/mol. The molecule has 4 heteroatoms. The molecule has 23 heavy (non-hydrogen) atoms. The van der Waals surface area contributed by atoms with E-state index in [1.54, 1.807) is 0 Å². The summed E-state index contributed by atoms with van der Waals surface area (Å²) in [6.07, 6.45) is 0.273. The Morgan fingerprint density at radius 3 is 2.04 bits per heavy atom. The van der Waals surface area contributed by atoms with Gasteiger partial charge in [0.2, 0.25) is 0 Å². The van der Waals surface area contributed by atoms with Gasteiger partial charge in [-0.05, 0) is 35.7 Å². The van der Waals surface area contributed by atoms with E-state index in [9.17, 15) is 0 Å². The second kappa shape index (κ2) is 7.26. The van der Waals surface area contributed by atoms with E-state index in [2.05, 4.69) is 54.5 Å². The van der Waals surface area contributed by atoms with Crippen molar-refractivity contribution in [2.24, 2.45) is 0 Å². The summed E-state index contributed by atoms with van der Waals surface area (Å²) < 4.78 is 17.9. The number of epoxide rings is 1. The first-order valence-corrected chi connectivity index (χ1v) is 11.0. The molecule has 3 nitrogen and oxygen atoms in total. The zero-order valence-corrected chi connectivity index (χ0v) is 16.7. The van der Waals surface area contributed by atoms with Gasteiger partial charge in [0.25, 0.3) is 8.32 Å². The van der Waals surface area contributed by atoms with Crippen LogP contribution in [-0.2, 0) is 4.74 Å². The lowest BCUT2D eigenvalue weighted by atomic mass is 10.2. The van der Waals surface area contributed by atoms with Crippen LogP contribution in [0.3, 0.4) is 0 Å². The fraction of sp³-hybridized carbons (Fsp3) is 0.684. The third-order valence-corrected chi connectivity index (χ3v) is 11.0. The van der Waals surface area contributed by atoms with Gasteiger partial charge in [-0.15, -0.1) is 0 Å². The number of ether oxygens (including phenoxy) is 2. The van der Waals surface area contributed by atoms with E-state index < -0.39 is 8.32 Å². The molecule has 0 N–H and O–H groups in total. The maximum Gasteiger partial charge on any atom is 0.258 e. The van der Waals surface area contributed by atoms with Crippen molar-refractivity contribution in [1.29, 1.82) is 0 Å². The van der Waals surface area contributed by atoms with Crippen molar-refractivity contribution in [3.05, 3.63) is 23.8 Å². The van der Waals surface area contributed by atoms with Crippen molar-refractivity contribution in [2.75, 3.05) is 13.2 Å². The molecular weight excluding hydrogens is 304 g/mol. The van der Waals surface area contributed by atoms with Gasteiger partial charge in [0.1, 0.15) is 24.2 Å². The molecule has 0 aliphatic carbocycles. The summed E-state index contributed by atoms with van der Waals surface area (Å²) in [5, 5.41) is 0. The molecule has 1 heterocycles. The van der Waals surface area contributed by atoms with Gasteiger partial charge in [-0.2, -0.15) is 0 Å². The predicted octanol–water partition coefficient (Wildman–Crippen LogP) is 5.33. The quantitative estimate of drug-likeness (QED) is 0.475. The number of rotatable bonds is 8. The average molecular weight is 337 g/mol. The van der Waals surface area contributed by atoms with E-state index in [1.807, 2.05) is 12.1 Å². The van der Waals surface area contributed by atoms with E-state index in [0.717, 1.165) is 23.7 Å². The number of benzene rings is 1. The fourth-order valence-corrected chi connectivity index (χ4v) is 9.06. The van der Waals surface area contributed by atoms with Crippen LogP contribution < -0.4 is 9.16 Å². The molecule has 1 aliphatic rings. The normalized spacial score (nSPS) is 17.9. The van der Waals surface area contributed by atoms with Gasteiger partial charge in [-0.25, -0.2) is 0 Å². The smallest absolute Gasteiger partial charge is 0.258 e. The molecule has 1 aromatic rings. The summed E-state index contributed by atoms with van der Waals surface area (Å²) in [7, 11) is -1.94. The molecule has 0 bridgehead atoms. The highest BCUT2D eigenvalue weighted by Crippen LogP contribution is 2.44. The van der Waals surface area contributed by atoms with E-state index in [0.29, 0.717) is 23.2 Å². The Morgan fingerprint density at radius 1 is 1.04 bits per heavy atom. The molecule has 1 aromatic carbocycles. The lowest BCUT2D eigenvalue weighted by molar-refractivity contribution is 0.261. The van der Waals surface area contributed by atoms with Crippen molar-refractivity contribution in [2.45, 2.75) is 71.2 Å². The minimum Gasteiger partial charge on any atom is -0.542 e. The highest BCUT2D eigenvalue weighted by molar-refractivity contribution is 6.78. The third kappa shape index (κ3) is 3.91. The lowest BCUT2D eigenvalue weighted by Gasteiger charge is -2.42. The number of hydrogen-bond donors (Lipinski definition) is 0. The zero-order valence-electron chi connectivity index (χ0n) is 15.7. The van der Waals surface area contributed by atoms with Crippen LogP contribution in [0, 0.1) is 6.92 Å². The van der Waals surface area contributed by atoms with Crippen LogP contribution >= 0.6 is 0 Å². The summed E-state index contributed by atoms with van der Waals surface area (Å²) in [5.74, 6) is 1.90. The Morgan fingerprint density at radius 2 is 1.57 bits per heavy atom. The highest BCUT2D eigenvalue weighted by Gasteiger charge is 2.47. The van der Waals surface area contributed by atoms with Crippen molar-refractivity contribution in [3.8, 4) is 11.5 Å². The lowest BCUT2D eigenvalue weighted by Crippen LogP contribution is -2.50. The van der Waals surface area contributed by atoms with Crippen molar-refractivity contribution < 1.29 is 13.9 Å². The van der Waals surface area contributed by atoms with Crippen molar-refractivity contribution in [1.82, 2.24) is 0 Å². The Labute approximate surface area is 142 Å². The second-order valence-electron chi connectivity index (χ2n) is 7.57. The maximum atomic E-state index is 6.81. The van der Waals surface area contributed by atoms with Crippen LogP contribution in [0.4, 0.5) is 0 Å². The van der Waals surface area contributed by atoms with Crippen LogP contribution in [0.25, 0.3) is 0 Å². The van der Waals surface area contributed by atoms with E-state index in [1.165, 1.54) is 0 Å². The van der Waals surface area contributed by atoms with Crippen LogP contribution in [0.5, 0.6) is 11.5 Å². The van der Waals surface area contributed by atoms with Crippen molar-refractivity contribution in [3.63, 3.8) is 0 Å². The Hall–Kier alpha value is -1.00. The minimum absolute atomic E-state index is 0.273. The summed E-state index contributed by atoms with van der Waals surface area (Å²) >= 11 is 0. The summed E-state index contributed by atoms with van der Waals surface area (Å²) in [4.78, 5) is 0. The topological polar surface area (TPSA) is 31.0 Å². The molecule has 0 saturated carbocycles. The summed E-state index contributed by atoms with van der Waals surface area (Å²) in [6.45, 7) is 17.4. The summed E-state index contributed by atoms with van der Waals surface area (Å²) in [6, 6.07) is 6.14. The van der Waals surface area contributed by atoms with Crippen LogP contribution in [0.2, 0.25) is 16.6 Å². The van der Waals surface area contributed by atoms with E-state index >= 15 is 0 Å². The Kier molecular flexibility index (Phi) is 5.79. The van der Waals surface area contributed by atoms with Crippen molar-refractivity contribution >= 4 is 8.32 Å². The van der Waals surface area contributed by atoms with Crippen LogP contribution in [0.15, 0.2) is 18.2 Å². The molecular formula is C19H32O3Si. The van der Waals surface area contributed by atoms with Gasteiger partial charge in [0.05, 0.1) is 6.61 Å². The molecule has 1 atom stereocenters. The first-order valence-electron chi connectivity index (χ1n) is 8.82. The summed E-state index contributed by atoms with van der Waals surface area (Å²) in [5.41, 5.74) is 2.79. The van der Waals surface area contributed by atoms with Gasteiger partial charge >= 0.3 is 0 Å². The molecule has 0 amide bonds. The average Bonchev–Trinajstić information content (AvgIpc) is 3.27. The molecule has 130 valence electrons. The Balaban J connectivity index is 2.26. The third-order valence-electron chi connectivity index (χ3n) is 5.06. The molecule has 1 aliphatic heterocycles. The molecule has 0 spiro atoms. The second-order valence-corrected chi connectivity index (χ2v) is 12.9.